The SMILES string of the molecule is CO[C@@H]1C(NC(C)=O)[C@H](O[C@@H]2C(C(=O)O)O[C@@H](O[C@H](C(CN(CCCN=[N+]=[N-])OC)NC(C)=O)[C@H](O)C(O)CO)C(O)[C@H]2O)OC(CO)[C@H]1O. The van der Waals surface area contributed by atoms with Gasteiger partial charge in [-0.3, -0.25) is 9.59 Å². The highest BCUT2D eigenvalue weighted by molar-refractivity contribution is 5.74. The maximum absolute atomic E-state index is 12.4. The third-order valence-electron chi connectivity index (χ3n) is 7.96. The van der Waals surface area contributed by atoms with E-state index in [0.717, 1.165) is 13.8 Å². The van der Waals surface area contributed by atoms with Crippen LogP contribution in [0.15, 0.2) is 5.11 Å². The average molecular weight is 729 g/mol. The molecule has 0 spiro atoms. The van der Waals surface area contributed by atoms with Gasteiger partial charge in [0.05, 0.1) is 26.4 Å². The Balaban J connectivity index is 2.44. The summed E-state index contributed by atoms with van der Waals surface area (Å²) < 4.78 is 27.9. The summed E-state index contributed by atoms with van der Waals surface area (Å²) >= 11 is 0. The number of nitrogens with one attached hydrogen (secondary N) is 2. The zero-order valence-electron chi connectivity index (χ0n) is 27.9. The smallest absolute Gasteiger partial charge is 0.335 e. The number of azide groups is 1. The maximum atomic E-state index is 12.4. The zero-order chi connectivity index (χ0) is 37.7. The van der Waals surface area contributed by atoms with Gasteiger partial charge in [-0.05, 0) is 12.0 Å². The Morgan fingerprint density at radius 3 is 2.20 bits per heavy atom. The lowest BCUT2D eigenvalue weighted by Gasteiger charge is -2.48. The van der Waals surface area contributed by atoms with Crippen molar-refractivity contribution in [1.82, 2.24) is 15.7 Å². The summed E-state index contributed by atoms with van der Waals surface area (Å²) in [5, 5.41) is 93.2. The molecule has 0 aromatic rings. The molecule has 0 aliphatic carbocycles. The quantitative estimate of drug-likeness (QED) is 0.0184. The van der Waals surface area contributed by atoms with E-state index in [0.29, 0.717) is 0 Å². The third-order valence-corrected chi connectivity index (χ3v) is 7.96. The summed E-state index contributed by atoms with van der Waals surface area (Å²) in [6, 6.07) is -2.65. The van der Waals surface area contributed by atoms with Gasteiger partial charge in [0.1, 0.15) is 61.0 Å². The Kier molecular flexibility index (Phi) is 18.1. The van der Waals surface area contributed by atoms with Gasteiger partial charge in [-0.2, -0.15) is 5.06 Å². The number of carbonyl (C=O) groups excluding carboxylic acids is 2. The van der Waals surface area contributed by atoms with Crippen LogP contribution in [0.2, 0.25) is 0 Å². The number of aliphatic hydroxyl groups excluding tert-OH is 7. The van der Waals surface area contributed by atoms with E-state index in [2.05, 4.69) is 20.7 Å². The molecule has 0 aromatic carbocycles. The van der Waals surface area contributed by atoms with E-state index in [1.165, 1.54) is 19.3 Å². The second-order valence-corrected chi connectivity index (χ2v) is 11.5. The van der Waals surface area contributed by atoms with Crippen molar-refractivity contribution in [3.8, 4) is 0 Å². The van der Waals surface area contributed by atoms with Crippen LogP contribution in [0.1, 0.15) is 20.3 Å². The molecule has 2 saturated heterocycles. The minimum atomic E-state index is -2.16. The fraction of sp³-hybridized carbons (Fsp3) is 0.889. The molecule has 2 heterocycles. The molecular formula is C27H48N6O17. The van der Waals surface area contributed by atoms with Crippen LogP contribution in [0.5, 0.6) is 0 Å². The van der Waals surface area contributed by atoms with Crippen LogP contribution in [-0.2, 0) is 42.9 Å². The summed E-state index contributed by atoms with van der Waals surface area (Å²) in [5.41, 5.74) is 8.52. The highest BCUT2D eigenvalue weighted by Gasteiger charge is 2.54. The normalized spacial score (nSPS) is 32.3. The van der Waals surface area contributed by atoms with Crippen molar-refractivity contribution in [1.29, 1.82) is 0 Å². The first-order chi connectivity index (χ1) is 23.6. The number of hydrogen-bond acceptors (Lipinski definition) is 18. The minimum Gasteiger partial charge on any atom is -0.479 e. The van der Waals surface area contributed by atoms with Gasteiger partial charge in [0.25, 0.3) is 0 Å². The predicted molar refractivity (Wildman–Crippen MR) is 162 cm³/mol. The molecule has 0 saturated carbocycles. The molecule has 10 N–H and O–H groups in total. The number of aliphatic hydroxyl groups is 7. The maximum Gasteiger partial charge on any atom is 0.335 e. The molecule has 0 aromatic heterocycles. The van der Waals surface area contributed by atoms with Gasteiger partial charge in [-0.1, -0.05) is 5.11 Å². The van der Waals surface area contributed by atoms with Crippen LogP contribution < -0.4 is 10.6 Å². The summed E-state index contributed by atoms with van der Waals surface area (Å²) in [7, 11) is 2.46. The minimum absolute atomic E-state index is 0.0809. The van der Waals surface area contributed by atoms with Crippen LogP contribution in [0.4, 0.5) is 0 Å². The molecule has 0 radical (unpaired) electrons. The number of methoxy groups -OCH3 is 1. The number of ether oxygens (including phenoxy) is 5. The number of hydrogen-bond donors (Lipinski definition) is 10. The lowest BCUT2D eigenvalue weighted by Crippen LogP contribution is -2.69. The number of hydroxylamine groups is 2. The number of amides is 2. The Labute approximate surface area is 286 Å². The van der Waals surface area contributed by atoms with E-state index in [1.807, 2.05) is 0 Å². The van der Waals surface area contributed by atoms with E-state index in [-0.39, 0.29) is 26.1 Å². The van der Waals surface area contributed by atoms with Gasteiger partial charge in [-0.15, -0.1) is 0 Å². The molecule has 2 rings (SSSR count). The molecule has 6 unspecified atom stereocenters. The Morgan fingerprint density at radius 1 is 1.00 bits per heavy atom. The molecular weight excluding hydrogens is 680 g/mol. The van der Waals surface area contributed by atoms with Crippen LogP contribution >= 0.6 is 0 Å². The molecule has 50 heavy (non-hydrogen) atoms. The third kappa shape index (κ3) is 11.6. The predicted octanol–water partition coefficient (Wildman–Crippen LogP) is -5.33. The van der Waals surface area contributed by atoms with Gasteiger partial charge in [0, 0.05) is 45.5 Å². The molecule has 23 nitrogen and oxygen atoms in total. The number of carbonyl (C=O) groups is 3. The molecule has 2 fully saturated rings. The van der Waals surface area contributed by atoms with E-state index >= 15 is 0 Å². The molecule has 14 atom stereocenters. The molecule has 288 valence electrons. The van der Waals surface area contributed by atoms with Crippen molar-refractivity contribution in [2.45, 2.75) is 106 Å². The number of rotatable bonds is 20. The number of aliphatic carboxylic acids is 1. The summed E-state index contributed by atoms with van der Waals surface area (Å²) in [5.74, 6) is -3.05. The van der Waals surface area contributed by atoms with Gasteiger partial charge in [0.15, 0.2) is 18.7 Å². The zero-order valence-corrected chi connectivity index (χ0v) is 27.9. The highest BCUT2D eigenvalue weighted by atomic mass is 16.7. The summed E-state index contributed by atoms with van der Waals surface area (Å²) in [6.45, 7) is 0.406. The second-order valence-electron chi connectivity index (χ2n) is 11.5. The lowest BCUT2D eigenvalue weighted by atomic mass is 9.95. The molecule has 23 heteroatoms. The van der Waals surface area contributed by atoms with Crippen molar-refractivity contribution >= 4 is 17.8 Å². The first-order valence-electron chi connectivity index (χ1n) is 15.5. The van der Waals surface area contributed by atoms with Crippen LogP contribution in [0.25, 0.3) is 10.4 Å². The molecule has 2 aliphatic heterocycles. The standard InChI is InChI=1S/C27H48N6O17/c1-11(36)30-13(8-33(46-4)7-5-6-29-32-28)21(17(39)14(38)9-34)48-27-20(42)19(41)23(24(50-27)25(43)44)49-26-16(31-12(2)37)22(45-3)18(40)15(10-35)47-26/h13-24,26-27,34-35,38-42H,5-10H2,1-4H3,(H,30,36)(H,31,37)(H,43,44)/t13?,14?,15?,16?,17-,18-,19-,20?,21-,22-,23+,24?,26+,27-/m1/s1. The van der Waals surface area contributed by atoms with Crippen LogP contribution in [0, 0.1) is 0 Å². The van der Waals surface area contributed by atoms with Gasteiger partial charge >= 0.3 is 5.97 Å². The first kappa shape index (κ1) is 43.3. The van der Waals surface area contributed by atoms with Crippen LogP contribution in [-0.4, -0.2) is 196 Å². The Hall–Kier alpha value is -2.84. The number of nitrogens with zero attached hydrogens (tertiary/aromatic N) is 4. The Bertz CT molecular complexity index is 1140. The Morgan fingerprint density at radius 2 is 1.68 bits per heavy atom. The molecule has 0 bridgehead atoms. The second kappa shape index (κ2) is 20.9. The van der Waals surface area contributed by atoms with Crippen molar-refractivity contribution in [2.24, 2.45) is 5.11 Å². The fourth-order valence-electron chi connectivity index (χ4n) is 5.54. The first-order valence-corrected chi connectivity index (χ1v) is 15.5. The van der Waals surface area contributed by atoms with Gasteiger partial charge < -0.3 is 80.0 Å². The topological polar surface area (TPSA) is 344 Å². The average Bonchev–Trinajstić information content (AvgIpc) is 3.07. The van der Waals surface area contributed by atoms with Crippen molar-refractivity contribution in [2.75, 3.05) is 47.1 Å². The van der Waals surface area contributed by atoms with Crippen molar-refractivity contribution in [3.05, 3.63) is 10.4 Å². The van der Waals surface area contributed by atoms with Crippen molar-refractivity contribution in [3.63, 3.8) is 0 Å². The van der Waals surface area contributed by atoms with E-state index in [9.17, 15) is 55.2 Å². The van der Waals surface area contributed by atoms with Gasteiger partial charge in [0.2, 0.25) is 11.8 Å². The van der Waals surface area contributed by atoms with Gasteiger partial charge in [-0.25, -0.2) is 4.79 Å². The summed E-state index contributed by atoms with van der Waals surface area (Å²) in [4.78, 5) is 44.6. The highest BCUT2D eigenvalue weighted by Crippen LogP contribution is 2.32. The lowest BCUT2D eigenvalue weighted by molar-refractivity contribution is -0.351. The van der Waals surface area contributed by atoms with E-state index < -0.39 is 117 Å². The summed E-state index contributed by atoms with van der Waals surface area (Å²) in [6.07, 6.45) is -21.7. The van der Waals surface area contributed by atoms with Crippen molar-refractivity contribution < 1.29 is 83.8 Å². The van der Waals surface area contributed by atoms with E-state index in [1.54, 1.807) is 0 Å². The van der Waals surface area contributed by atoms with Crippen LogP contribution in [0.3, 0.4) is 0 Å². The number of carboxylic acids is 1. The molecule has 2 amide bonds. The fourth-order valence-corrected chi connectivity index (χ4v) is 5.54. The monoisotopic (exact) mass is 728 g/mol. The number of carboxylic acid groups (broad SMARTS) is 1. The largest absolute Gasteiger partial charge is 0.479 e. The molecule has 2 aliphatic rings. The van der Waals surface area contributed by atoms with E-state index in [4.69, 9.17) is 34.1 Å².